The van der Waals surface area contributed by atoms with Crippen LogP contribution in [0.15, 0.2) is 53.4 Å². The molecule has 1 N–H and O–H groups in total. The average molecular weight is 507 g/mol. The number of alkyl halides is 6. The molecule has 0 bridgehead atoms. The molecule has 0 radical (unpaired) electrons. The van der Waals surface area contributed by atoms with Gasteiger partial charge in [0.1, 0.15) is 0 Å². The summed E-state index contributed by atoms with van der Waals surface area (Å²) >= 11 is 0.123. The van der Waals surface area contributed by atoms with Crippen molar-refractivity contribution in [1.82, 2.24) is 5.32 Å². The molecule has 0 aliphatic carbocycles. The number of hydrogen-bond donors (Lipinski definition) is 1. The van der Waals surface area contributed by atoms with Gasteiger partial charge in [0.15, 0.2) is 0 Å². The first-order chi connectivity index (χ1) is 15.2. The molecule has 1 fully saturated rings. The summed E-state index contributed by atoms with van der Waals surface area (Å²) in [6.45, 7) is 0. The number of nitrogens with one attached hydrogen (secondary N) is 1. The Kier molecular flexibility index (Phi) is 6.29. The Morgan fingerprint density at radius 3 is 1.91 bits per heavy atom. The number of thioether (sulfide) groups is 1. The smallest absolute Gasteiger partial charge is 0.285 e. The van der Waals surface area contributed by atoms with Gasteiger partial charge in [-0.05, 0) is 42.1 Å². The second kappa shape index (κ2) is 8.42. The zero-order chi connectivity index (χ0) is 24.7. The van der Waals surface area contributed by atoms with E-state index in [9.17, 15) is 44.3 Å². The molecule has 0 aromatic heterocycles. The summed E-state index contributed by atoms with van der Waals surface area (Å²) in [5, 5.41) is 0.845. The molecule has 2 aromatic rings. The zero-order valence-corrected chi connectivity index (χ0v) is 17.7. The number of imide groups is 1. The highest BCUT2D eigenvalue weighted by Gasteiger charge is 2.58. The molecule has 3 rings (SSSR count). The number of carbonyl (C=O) groups is 2. The minimum Gasteiger partial charge on any atom is -0.285 e. The van der Waals surface area contributed by atoms with E-state index < -0.39 is 60.5 Å². The molecule has 0 spiro atoms. The molecule has 1 atom stereocenters. The van der Waals surface area contributed by atoms with Crippen LogP contribution in [-0.2, 0) is 27.0 Å². The van der Waals surface area contributed by atoms with E-state index in [-0.39, 0.29) is 22.7 Å². The van der Waals surface area contributed by atoms with Gasteiger partial charge in [-0.25, -0.2) is 8.42 Å². The minimum atomic E-state index is -5.09. The Morgan fingerprint density at radius 2 is 1.45 bits per heavy atom. The molecule has 0 saturated carbocycles. The standard InChI is InChI=1S/C20H11F6NO4S2/c21-19(22,23)13-9-12(10-14(11-13)20(24,25)26)5-4-8-18(16(28)27-17(29)32-18)33(30,31)15-6-2-1-3-7-15/h1-3,6-7,9-11H,8H2,(H,27,28,29). The summed E-state index contributed by atoms with van der Waals surface area (Å²) in [7, 11) is -4.53. The van der Waals surface area contributed by atoms with Crippen LogP contribution in [0.5, 0.6) is 0 Å². The maximum absolute atomic E-state index is 13.1. The van der Waals surface area contributed by atoms with Gasteiger partial charge >= 0.3 is 12.4 Å². The second-order valence-electron chi connectivity index (χ2n) is 6.69. The summed E-state index contributed by atoms with van der Waals surface area (Å²) in [6.07, 6.45) is -11.1. The van der Waals surface area contributed by atoms with Gasteiger partial charge in [0, 0.05) is 12.0 Å². The van der Waals surface area contributed by atoms with Crippen molar-refractivity contribution in [3.63, 3.8) is 0 Å². The van der Waals surface area contributed by atoms with Crippen molar-refractivity contribution in [2.45, 2.75) is 27.7 Å². The van der Waals surface area contributed by atoms with Crippen molar-refractivity contribution < 1.29 is 44.3 Å². The van der Waals surface area contributed by atoms with Crippen LogP contribution in [0.1, 0.15) is 23.1 Å². The Morgan fingerprint density at radius 1 is 0.909 bits per heavy atom. The predicted molar refractivity (Wildman–Crippen MR) is 105 cm³/mol. The molecule has 1 heterocycles. The summed E-state index contributed by atoms with van der Waals surface area (Å²) in [4.78, 5) is 23.9. The van der Waals surface area contributed by atoms with Crippen molar-refractivity contribution in [2.24, 2.45) is 0 Å². The van der Waals surface area contributed by atoms with Crippen LogP contribution in [0.25, 0.3) is 0 Å². The Hall–Kier alpha value is -2.98. The van der Waals surface area contributed by atoms with E-state index in [0.717, 1.165) is 0 Å². The van der Waals surface area contributed by atoms with E-state index in [1.165, 1.54) is 30.3 Å². The topological polar surface area (TPSA) is 80.3 Å². The first kappa shape index (κ1) is 24.7. The minimum absolute atomic E-state index is 0.0779. The highest BCUT2D eigenvalue weighted by atomic mass is 32.3. The summed E-state index contributed by atoms with van der Waals surface area (Å²) < 4.78 is 102. The molecule has 1 aliphatic heterocycles. The molecular weight excluding hydrogens is 496 g/mol. The first-order valence-corrected chi connectivity index (χ1v) is 11.1. The van der Waals surface area contributed by atoms with Gasteiger partial charge in [0.05, 0.1) is 16.0 Å². The zero-order valence-electron chi connectivity index (χ0n) is 16.0. The number of amides is 2. The maximum atomic E-state index is 13.1. The van der Waals surface area contributed by atoms with Crippen molar-refractivity contribution >= 4 is 32.7 Å². The number of carbonyl (C=O) groups excluding carboxylic acids is 2. The molecule has 5 nitrogen and oxygen atoms in total. The third kappa shape index (κ3) is 4.86. The molecule has 33 heavy (non-hydrogen) atoms. The number of rotatable bonds is 3. The van der Waals surface area contributed by atoms with E-state index in [1.54, 1.807) is 0 Å². The fourth-order valence-electron chi connectivity index (χ4n) is 2.88. The molecule has 2 amide bonds. The summed E-state index contributed by atoms with van der Waals surface area (Å²) in [6, 6.07) is 7.24. The fraction of sp³-hybridized carbons (Fsp3) is 0.200. The molecule has 2 aromatic carbocycles. The van der Waals surface area contributed by atoms with E-state index in [1.807, 2.05) is 5.32 Å². The van der Waals surface area contributed by atoms with E-state index in [2.05, 4.69) is 11.8 Å². The van der Waals surface area contributed by atoms with Crippen LogP contribution < -0.4 is 5.32 Å². The number of benzene rings is 2. The second-order valence-corrected chi connectivity index (χ2v) is 10.4. The van der Waals surface area contributed by atoms with Crippen LogP contribution in [-0.4, -0.2) is 23.6 Å². The lowest BCUT2D eigenvalue weighted by atomic mass is 10.0. The van der Waals surface area contributed by atoms with Crippen molar-refractivity contribution in [2.75, 3.05) is 0 Å². The average Bonchev–Trinajstić information content (AvgIpc) is 3.01. The van der Waals surface area contributed by atoms with Gasteiger partial charge < -0.3 is 0 Å². The van der Waals surface area contributed by atoms with Crippen LogP contribution in [0.4, 0.5) is 31.1 Å². The van der Waals surface area contributed by atoms with Gasteiger partial charge in [-0.1, -0.05) is 30.0 Å². The molecular formula is C20H11F6NO4S2. The largest absolute Gasteiger partial charge is 0.416 e. The van der Waals surface area contributed by atoms with E-state index >= 15 is 0 Å². The Bertz CT molecular complexity index is 1250. The Balaban J connectivity index is 2.07. The number of halogens is 6. The number of sulfone groups is 1. The van der Waals surface area contributed by atoms with Crippen molar-refractivity contribution in [3.05, 3.63) is 65.2 Å². The molecule has 1 saturated heterocycles. The summed E-state index contributed by atoms with van der Waals surface area (Å²) in [5.41, 5.74) is -3.90. The van der Waals surface area contributed by atoms with Gasteiger partial charge in [0.25, 0.3) is 11.1 Å². The fourth-order valence-corrected chi connectivity index (χ4v) is 6.02. The summed E-state index contributed by atoms with van der Waals surface area (Å²) in [5.74, 6) is 3.02. The normalized spacial score (nSPS) is 19.1. The van der Waals surface area contributed by atoms with Crippen LogP contribution >= 0.6 is 11.8 Å². The lowest BCUT2D eigenvalue weighted by Crippen LogP contribution is -2.43. The Labute approximate surface area is 187 Å². The molecule has 13 heteroatoms. The van der Waals surface area contributed by atoms with Crippen LogP contribution in [0.3, 0.4) is 0 Å². The van der Waals surface area contributed by atoms with Crippen molar-refractivity contribution in [3.8, 4) is 11.8 Å². The van der Waals surface area contributed by atoms with Gasteiger partial charge in [0.2, 0.25) is 13.9 Å². The highest BCUT2D eigenvalue weighted by Crippen LogP contribution is 2.43. The SMILES string of the molecule is O=C1NC(=O)C(CC#Cc2cc(C(F)(F)F)cc(C(F)(F)F)c2)(S(=O)(=O)c2ccccc2)S1. The van der Waals surface area contributed by atoms with Gasteiger partial charge in [-0.15, -0.1) is 0 Å². The molecule has 174 valence electrons. The predicted octanol–water partition coefficient (Wildman–Crippen LogP) is 4.62. The highest BCUT2D eigenvalue weighted by molar-refractivity contribution is 8.25. The van der Waals surface area contributed by atoms with E-state index in [0.29, 0.717) is 12.1 Å². The third-order valence-corrected chi connectivity index (χ3v) is 8.39. The maximum Gasteiger partial charge on any atom is 0.416 e. The molecule has 1 unspecified atom stereocenters. The van der Waals surface area contributed by atoms with Crippen molar-refractivity contribution in [1.29, 1.82) is 0 Å². The van der Waals surface area contributed by atoms with Gasteiger partial charge in [-0.2, -0.15) is 26.3 Å². The monoisotopic (exact) mass is 507 g/mol. The number of hydrogen-bond acceptors (Lipinski definition) is 5. The van der Waals surface area contributed by atoms with E-state index in [4.69, 9.17) is 0 Å². The lowest BCUT2D eigenvalue weighted by molar-refractivity contribution is -0.143. The molecule has 1 aliphatic rings. The third-order valence-electron chi connectivity index (χ3n) is 4.45. The quantitative estimate of drug-likeness (QED) is 0.485. The van der Waals surface area contributed by atoms with Crippen LogP contribution in [0, 0.1) is 11.8 Å². The van der Waals surface area contributed by atoms with Gasteiger partial charge in [-0.3, -0.25) is 14.9 Å². The lowest BCUT2D eigenvalue weighted by Gasteiger charge is -2.22. The first-order valence-electron chi connectivity index (χ1n) is 8.79. The van der Waals surface area contributed by atoms with Crippen LogP contribution in [0.2, 0.25) is 0 Å².